The second-order valence-corrected chi connectivity index (χ2v) is 6.51. The third-order valence-electron chi connectivity index (χ3n) is 5.10. The van der Waals surface area contributed by atoms with Crippen LogP contribution in [0.4, 0.5) is 0 Å². The summed E-state index contributed by atoms with van der Waals surface area (Å²) in [4.78, 5) is 12.5. The third-order valence-corrected chi connectivity index (χ3v) is 5.10. The minimum atomic E-state index is -0.306. The van der Waals surface area contributed by atoms with Crippen molar-refractivity contribution in [1.82, 2.24) is 0 Å². The molecular weight excluding hydrogens is 236 g/mol. The Labute approximate surface area is 116 Å². The van der Waals surface area contributed by atoms with Crippen LogP contribution in [0, 0.1) is 11.3 Å². The molecule has 2 nitrogen and oxygen atoms in total. The summed E-state index contributed by atoms with van der Waals surface area (Å²) in [7, 11) is 0. The van der Waals surface area contributed by atoms with E-state index in [-0.39, 0.29) is 17.3 Å². The highest BCUT2D eigenvalue weighted by molar-refractivity contribution is 6.09. The van der Waals surface area contributed by atoms with Crippen LogP contribution in [0.3, 0.4) is 0 Å². The molecule has 0 amide bonds. The lowest BCUT2D eigenvalue weighted by molar-refractivity contribution is -0.113. The topological polar surface area (TPSA) is 37.3 Å². The van der Waals surface area contributed by atoms with E-state index in [0.717, 1.165) is 36.8 Å². The van der Waals surface area contributed by atoms with Gasteiger partial charge in [0.05, 0.1) is 6.10 Å². The first-order valence-corrected chi connectivity index (χ1v) is 7.53. The number of allylic oxidation sites excluding steroid dienone is 3. The Morgan fingerprint density at radius 3 is 2.84 bits per heavy atom. The van der Waals surface area contributed by atoms with Crippen LogP contribution in [0.15, 0.2) is 22.8 Å². The van der Waals surface area contributed by atoms with Crippen LogP contribution in [0.2, 0.25) is 0 Å². The number of rotatable bonds is 2. The molecule has 1 fully saturated rings. The fraction of sp³-hybridized carbons (Fsp3) is 0.706. The summed E-state index contributed by atoms with van der Waals surface area (Å²) < 4.78 is 0. The highest BCUT2D eigenvalue weighted by Gasteiger charge is 2.45. The van der Waals surface area contributed by atoms with Gasteiger partial charge in [-0.1, -0.05) is 38.8 Å². The minimum absolute atomic E-state index is 0.210. The molecule has 1 unspecified atom stereocenters. The van der Waals surface area contributed by atoms with Crippen LogP contribution in [0.25, 0.3) is 0 Å². The Bertz CT molecular complexity index is 444. The van der Waals surface area contributed by atoms with Crippen molar-refractivity contribution in [2.45, 2.75) is 65.9 Å². The smallest absolute Gasteiger partial charge is 0.184 e. The fourth-order valence-electron chi connectivity index (χ4n) is 3.57. The van der Waals surface area contributed by atoms with E-state index in [0.29, 0.717) is 12.3 Å². The summed E-state index contributed by atoms with van der Waals surface area (Å²) >= 11 is 0. The van der Waals surface area contributed by atoms with Crippen molar-refractivity contribution in [1.29, 1.82) is 0 Å². The van der Waals surface area contributed by atoms with E-state index in [1.54, 1.807) is 0 Å². The summed E-state index contributed by atoms with van der Waals surface area (Å²) in [6.45, 7) is 8.36. The number of carbonyl (C=O) groups is 1. The van der Waals surface area contributed by atoms with Gasteiger partial charge in [-0.3, -0.25) is 4.79 Å². The number of aliphatic hydroxyl groups excluding tert-OH is 1. The predicted molar refractivity (Wildman–Crippen MR) is 77.8 cm³/mol. The number of aliphatic hydroxyl groups is 1. The lowest BCUT2D eigenvalue weighted by atomic mass is 9.61. The van der Waals surface area contributed by atoms with Crippen molar-refractivity contribution >= 4 is 5.78 Å². The van der Waals surface area contributed by atoms with Crippen LogP contribution in [-0.2, 0) is 4.79 Å². The molecule has 0 aromatic carbocycles. The van der Waals surface area contributed by atoms with Gasteiger partial charge in [-0.25, -0.2) is 0 Å². The standard InChI is InChI=1S/C17H26O2/c1-5-11(2)9-13-10-17(4)14(12(3)16(13)19)7-6-8-15(17)18/h9,11,15,18H,5-8,10H2,1-4H3/t11?,15-,17-/m0/s1. The molecule has 106 valence electrons. The van der Waals surface area contributed by atoms with Gasteiger partial charge in [-0.2, -0.15) is 0 Å². The molecule has 3 atom stereocenters. The van der Waals surface area contributed by atoms with E-state index in [2.05, 4.69) is 26.8 Å². The summed E-state index contributed by atoms with van der Waals surface area (Å²) in [5, 5.41) is 10.4. The molecule has 0 heterocycles. The molecule has 2 rings (SSSR count). The minimum Gasteiger partial charge on any atom is -0.392 e. The van der Waals surface area contributed by atoms with E-state index in [4.69, 9.17) is 0 Å². The number of ketones is 1. The SMILES string of the molecule is CCC(C)C=C1C[C@@]2(C)C(=C(C)C1=O)CCC[C@@H]2O. The van der Waals surface area contributed by atoms with Crippen LogP contribution >= 0.6 is 0 Å². The molecule has 0 aliphatic heterocycles. The van der Waals surface area contributed by atoms with Gasteiger partial charge in [-0.15, -0.1) is 0 Å². The van der Waals surface area contributed by atoms with Gasteiger partial charge < -0.3 is 5.11 Å². The Kier molecular flexibility index (Phi) is 4.00. The van der Waals surface area contributed by atoms with E-state index in [1.807, 2.05) is 6.92 Å². The zero-order valence-electron chi connectivity index (χ0n) is 12.6. The highest BCUT2D eigenvalue weighted by Crippen LogP contribution is 2.50. The lowest BCUT2D eigenvalue weighted by Gasteiger charge is -2.45. The maximum atomic E-state index is 12.5. The molecule has 0 bridgehead atoms. The van der Waals surface area contributed by atoms with Gasteiger partial charge in [0.1, 0.15) is 0 Å². The third kappa shape index (κ3) is 2.43. The van der Waals surface area contributed by atoms with Crippen LogP contribution < -0.4 is 0 Å². The first-order valence-electron chi connectivity index (χ1n) is 7.53. The first-order chi connectivity index (χ1) is 8.90. The number of Topliss-reactive ketones (excluding diaryl/α,β-unsaturated/α-hetero) is 1. The average Bonchev–Trinajstić information content (AvgIpc) is 2.38. The van der Waals surface area contributed by atoms with Gasteiger partial charge in [0.2, 0.25) is 0 Å². The molecular formula is C17H26O2. The van der Waals surface area contributed by atoms with Gasteiger partial charge in [0.25, 0.3) is 0 Å². The van der Waals surface area contributed by atoms with E-state index in [1.165, 1.54) is 5.57 Å². The van der Waals surface area contributed by atoms with Crippen molar-refractivity contribution in [2.75, 3.05) is 0 Å². The molecule has 1 N–H and O–H groups in total. The lowest BCUT2D eigenvalue weighted by Crippen LogP contribution is -2.42. The van der Waals surface area contributed by atoms with Crippen molar-refractivity contribution < 1.29 is 9.90 Å². The maximum absolute atomic E-state index is 12.5. The quantitative estimate of drug-likeness (QED) is 0.769. The van der Waals surface area contributed by atoms with Crippen molar-refractivity contribution in [3.63, 3.8) is 0 Å². The van der Waals surface area contributed by atoms with Crippen LogP contribution in [0.1, 0.15) is 59.8 Å². The van der Waals surface area contributed by atoms with Gasteiger partial charge in [-0.05, 0) is 49.7 Å². The Hall–Kier alpha value is -0.890. The summed E-state index contributed by atoms with van der Waals surface area (Å²) in [5.74, 6) is 0.638. The van der Waals surface area contributed by atoms with Crippen molar-refractivity contribution in [3.05, 3.63) is 22.8 Å². The number of hydrogen-bond donors (Lipinski definition) is 1. The van der Waals surface area contributed by atoms with Gasteiger partial charge >= 0.3 is 0 Å². The second kappa shape index (κ2) is 5.24. The number of carbonyl (C=O) groups excluding carboxylic acids is 1. The zero-order valence-corrected chi connectivity index (χ0v) is 12.6. The Morgan fingerprint density at radius 1 is 1.53 bits per heavy atom. The number of fused-ring (bicyclic) bond motifs is 1. The molecule has 19 heavy (non-hydrogen) atoms. The van der Waals surface area contributed by atoms with E-state index in [9.17, 15) is 9.90 Å². The largest absolute Gasteiger partial charge is 0.392 e. The monoisotopic (exact) mass is 262 g/mol. The number of hydrogen-bond acceptors (Lipinski definition) is 2. The zero-order chi connectivity index (χ0) is 14.2. The van der Waals surface area contributed by atoms with Crippen LogP contribution in [0.5, 0.6) is 0 Å². The van der Waals surface area contributed by atoms with E-state index < -0.39 is 0 Å². The predicted octanol–water partition coefficient (Wildman–Crippen LogP) is 3.80. The van der Waals surface area contributed by atoms with Crippen molar-refractivity contribution in [2.24, 2.45) is 11.3 Å². The van der Waals surface area contributed by atoms with Crippen molar-refractivity contribution in [3.8, 4) is 0 Å². The summed E-state index contributed by atoms with van der Waals surface area (Å²) in [5.41, 5.74) is 2.80. The molecule has 2 heteroatoms. The fourth-order valence-corrected chi connectivity index (χ4v) is 3.57. The maximum Gasteiger partial charge on any atom is 0.184 e. The molecule has 0 aromatic heterocycles. The normalized spacial score (nSPS) is 35.5. The summed E-state index contributed by atoms with van der Waals surface area (Å²) in [6.07, 6.45) is 6.41. The van der Waals surface area contributed by atoms with Gasteiger partial charge in [0.15, 0.2) is 5.78 Å². The summed E-state index contributed by atoms with van der Waals surface area (Å²) in [6, 6.07) is 0. The molecule has 1 saturated carbocycles. The molecule has 2 aliphatic rings. The second-order valence-electron chi connectivity index (χ2n) is 6.51. The average molecular weight is 262 g/mol. The molecule has 2 aliphatic carbocycles. The first kappa shape index (κ1) is 14.5. The molecule has 0 radical (unpaired) electrons. The molecule has 0 spiro atoms. The van der Waals surface area contributed by atoms with Crippen LogP contribution in [-0.4, -0.2) is 17.0 Å². The van der Waals surface area contributed by atoms with Gasteiger partial charge in [0, 0.05) is 5.41 Å². The van der Waals surface area contributed by atoms with E-state index >= 15 is 0 Å². The Morgan fingerprint density at radius 2 is 2.21 bits per heavy atom. The highest BCUT2D eigenvalue weighted by atomic mass is 16.3. The molecule has 0 saturated heterocycles. The Balaban J connectivity index is 2.44. The molecule has 0 aromatic rings.